The number of aldehydes is 1. The van der Waals surface area contributed by atoms with Crippen molar-refractivity contribution in [3.05, 3.63) is 23.8 Å². The lowest BCUT2D eigenvalue weighted by Gasteiger charge is -2.39. The van der Waals surface area contributed by atoms with Crippen LogP contribution >= 0.6 is 0 Å². The third-order valence-corrected chi connectivity index (χ3v) is 4.79. The van der Waals surface area contributed by atoms with Crippen LogP contribution < -0.4 is 9.47 Å². The first-order valence-electron chi connectivity index (χ1n) is 8.68. The smallest absolute Gasteiger partial charge is 0.171 e. The van der Waals surface area contributed by atoms with E-state index in [0.29, 0.717) is 35.8 Å². The second kappa shape index (κ2) is 8.92. The van der Waals surface area contributed by atoms with Gasteiger partial charge in [0, 0.05) is 12.1 Å². The highest BCUT2D eigenvalue weighted by Crippen LogP contribution is 2.30. The number of hydrogen-bond donors (Lipinski definition) is 0. The second-order valence-corrected chi connectivity index (χ2v) is 6.42. The summed E-state index contributed by atoms with van der Waals surface area (Å²) in [4.78, 5) is 13.7. The zero-order valence-electron chi connectivity index (χ0n) is 14.6. The highest BCUT2D eigenvalue weighted by molar-refractivity contribution is 5.81. The molecule has 0 saturated carbocycles. The van der Waals surface area contributed by atoms with Crippen molar-refractivity contribution in [2.75, 3.05) is 20.3 Å². The van der Waals surface area contributed by atoms with Crippen LogP contribution in [-0.2, 0) is 0 Å². The summed E-state index contributed by atoms with van der Waals surface area (Å²) in [6, 6.07) is 6.75. The van der Waals surface area contributed by atoms with E-state index < -0.39 is 0 Å². The first-order chi connectivity index (χ1) is 11.2. The molecule has 0 N–H and O–H groups in total. The topological polar surface area (TPSA) is 38.8 Å². The molecule has 0 bridgehead atoms. The molecule has 1 saturated heterocycles. The first kappa shape index (κ1) is 17.8. The van der Waals surface area contributed by atoms with Crippen molar-refractivity contribution in [1.29, 1.82) is 0 Å². The average molecular weight is 319 g/mol. The largest absolute Gasteiger partial charge is 0.493 e. The van der Waals surface area contributed by atoms with Crippen LogP contribution in [0.3, 0.4) is 0 Å². The lowest BCUT2D eigenvalue weighted by molar-refractivity contribution is 0.0994. The summed E-state index contributed by atoms with van der Waals surface area (Å²) in [6.45, 7) is 6.39. The monoisotopic (exact) mass is 319 g/mol. The number of rotatable bonds is 8. The number of hydrogen-bond acceptors (Lipinski definition) is 4. The number of methoxy groups -OCH3 is 1. The number of para-hydroxylation sites is 1. The number of nitrogens with zero attached hydrogens (tertiary/aromatic N) is 1. The maximum atomic E-state index is 11.1. The molecule has 1 aromatic rings. The van der Waals surface area contributed by atoms with Crippen LogP contribution in [0.1, 0.15) is 56.3 Å². The van der Waals surface area contributed by atoms with Gasteiger partial charge in [0.15, 0.2) is 17.8 Å². The van der Waals surface area contributed by atoms with Crippen molar-refractivity contribution in [2.45, 2.75) is 58.0 Å². The van der Waals surface area contributed by atoms with Crippen molar-refractivity contribution in [2.24, 2.45) is 0 Å². The number of likely N-dealkylation sites (tertiary alicyclic amines) is 1. The van der Waals surface area contributed by atoms with Crippen LogP contribution in [-0.4, -0.2) is 43.5 Å². The second-order valence-electron chi connectivity index (χ2n) is 6.42. The van der Waals surface area contributed by atoms with Gasteiger partial charge >= 0.3 is 0 Å². The van der Waals surface area contributed by atoms with Crippen molar-refractivity contribution in [3.63, 3.8) is 0 Å². The minimum Gasteiger partial charge on any atom is -0.493 e. The predicted octanol–water partition coefficient (Wildman–Crippen LogP) is 3.93. The zero-order chi connectivity index (χ0) is 16.7. The molecular formula is C19H29NO3. The van der Waals surface area contributed by atoms with Crippen molar-refractivity contribution < 1.29 is 14.3 Å². The van der Waals surface area contributed by atoms with E-state index in [1.165, 1.54) is 19.3 Å². The Morgan fingerprint density at radius 1 is 1.22 bits per heavy atom. The Morgan fingerprint density at radius 3 is 2.61 bits per heavy atom. The SMILES string of the molecule is COc1cccc(C=O)c1OCCCCN1C(C)CCCC1C. The van der Waals surface area contributed by atoms with E-state index in [1.807, 2.05) is 6.07 Å². The molecule has 0 amide bonds. The van der Waals surface area contributed by atoms with Gasteiger partial charge in [-0.3, -0.25) is 9.69 Å². The van der Waals surface area contributed by atoms with E-state index in [9.17, 15) is 4.79 Å². The Balaban J connectivity index is 1.78. The fourth-order valence-corrected chi connectivity index (χ4v) is 3.43. The summed E-state index contributed by atoms with van der Waals surface area (Å²) in [5.74, 6) is 1.18. The Hall–Kier alpha value is -1.55. The van der Waals surface area contributed by atoms with E-state index in [1.54, 1.807) is 19.2 Å². The number of benzene rings is 1. The number of carbonyl (C=O) groups is 1. The van der Waals surface area contributed by atoms with Gasteiger partial charge in [-0.1, -0.05) is 12.5 Å². The normalized spacial score (nSPS) is 21.9. The highest BCUT2D eigenvalue weighted by Gasteiger charge is 2.23. The maximum absolute atomic E-state index is 11.1. The van der Waals surface area contributed by atoms with E-state index >= 15 is 0 Å². The number of piperidine rings is 1. The fraction of sp³-hybridized carbons (Fsp3) is 0.632. The van der Waals surface area contributed by atoms with E-state index in [2.05, 4.69) is 18.7 Å². The highest BCUT2D eigenvalue weighted by atomic mass is 16.5. The van der Waals surface area contributed by atoms with E-state index in [0.717, 1.165) is 25.7 Å². The van der Waals surface area contributed by atoms with Crippen molar-refractivity contribution in [3.8, 4) is 11.5 Å². The van der Waals surface area contributed by atoms with E-state index in [-0.39, 0.29) is 0 Å². The molecule has 1 aliphatic heterocycles. The maximum Gasteiger partial charge on any atom is 0.171 e. The summed E-state index contributed by atoms with van der Waals surface area (Å²) in [6.07, 6.45) is 6.88. The molecule has 4 nitrogen and oxygen atoms in total. The zero-order valence-corrected chi connectivity index (χ0v) is 14.6. The van der Waals surface area contributed by atoms with Gasteiger partial charge in [-0.2, -0.15) is 0 Å². The Labute approximate surface area is 139 Å². The quantitative estimate of drug-likeness (QED) is 0.537. The van der Waals surface area contributed by atoms with Gasteiger partial charge in [-0.15, -0.1) is 0 Å². The Kier molecular flexibility index (Phi) is 6.90. The third kappa shape index (κ3) is 4.71. The van der Waals surface area contributed by atoms with Gasteiger partial charge in [0.1, 0.15) is 0 Å². The summed E-state index contributed by atoms with van der Waals surface area (Å²) in [7, 11) is 1.59. The number of carbonyl (C=O) groups excluding carboxylic acids is 1. The molecule has 2 unspecified atom stereocenters. The number of unbranched alkanes of at least 4 members (excludes halogenated alkanes) is 1. The molecule has 2 rings (SSSR count). The molecule has 2 atom stereocenters. The van der Waals surface area contributed by atoms with Crippen LogP contribution in [0, 0.1) is 0 Å². The molecule has 0 radical (unpaired) electrons. The Morgan fingerprint density at radius 2 is 1.96 bits per heavy atom. The summed E-state index contributed by atoms with van der Waals surface area (Å²) < 4.78 is 11.1. The van der Waals surface area contributed by atoms with Gasteiger partial charge in [-0.05, 0) is 58.2 Å². The van der Waals surface area contributed by atoms with Gasteiger partial charge in [-0.25, -0.2) is 0 Å². The first-order valence-corrected chi connectivity index (χ1v) is 8.68. The molecule has 0 aliphatic carbocycles. The lowest BCUT2D eigenvalue weighted by Crippen LogP contribution is -2.44. The molecule has 1 fully saturated rings. The minimum absolute atomic E-state index is 0.544. The number of ether oxygens (including phenoxy) is 2. The standard InChI is InChI=1S/C19H29NO3/c1-15-8-6-9-16(2)20(15)12-4-5-13-23-19-17(14-21)10-7-11-18(19)22-3/h7,10-11,14-16H,4-6,8-9,12-13H2,1-3H3. The van der Waals surface area contributed by atoms with Gasteiger partial charge < -0.3 is 9.47 Å². The van der Waals surface area contributed by atoms with Gasteiger partial charge in [0.05, 0.1) is 19.3 Å². The summed E-state index contributed by atoms with van der Waals surface area (Å²) >= 11 is 0. The predicted molar refractivity (Wildman–Crippen MR) is 92.6 cm³/mol. The van der Waals surface area contributed by atoms with E-state index in [4.69, 9.17) is 9.47 Å². The third-order valence-electron chi connectivity index (χ3n) is 4.79. The molecular weight excluding hydrogens is 290 g/mol. The average Bonchev–Trinajstić information content (AvgIpc) is 2.56. The molecule has 0 spiro atoms. The van der Waals surface area contributed by atoms with Crippen LogP contribution in [0.25, 0.3) is 0 Å². The molecule has 0 aromatic heterocycles. The van der Waals surface area contributed by atoms with Gasteiger partial charge in [0.2, 0.25) is 0 Å². The van der Waals surface area contributed by atoms with Gasteiger partial charge in [0.25, 0.3) is 0 Å². The van der Waals surface area contributed by atoms with Crippen molar-refractivity contribution >= 4 is 6.29 Å². The summed E-state index contributed by atoms with van der Waals surface area (Å²) in [5, 5.41) is 0. The molecule has 1 aromatic carbocycles. The van der Waals surface area contributed by atoms with Crippen molar-refractivity contribution in [1.82, 2.24) is 4.90 Å². The van der Waals surface area contributed by atoms with Crippen LogP contribution in [0.15, 0.2) is 18.2 Å². The fourth-order valence-electron chi connectivity index (χ4n) is 3.43. The van der Waals surface area contributed by atoms with Crippen LogP contribution in [0.2, 0.25) is 0 Å². The Bertz CT molecular complexity index is 493. The molecule has 1 heterocycles. The van der Waals surface area contributed by atoms with Crippen LogP contribution in [0.5, 0.6) is 11.5 Å². The molecule has 4 heteroatoms. The molecule has 23 heavy (non-hydrogen) atoms. The molecule has 1 aliphatic rings. The lowest BCUT2D eigenvalue weighted by atomic mass is 9.97. The molecule has 128 valence electrons. The summed E-state index contributed by atoms with van der Waals surface area (Å²) in [5.41, 5.74) is 0.544. The minimum atomic E-state index is 0.544. The van der Waals surface area contributed by atoms with Crippen LogP contribution in [0.4, 0.5) is 0 Å².